The van der Waals surface area contributed by atoms with E-state index in [4.69, 9.17) is 16.9 Å². The molecule has 0 atom stereocenters. The first kappa shape index (κ1) is 12.5. The lowest BCUT2D eigenvalue weighted by Gasteiger charge is -2.07. The number of hydrogen-bond acceptors (Lipinski definition) is 2. The fraction of sp³-hybridized carbons (Fsp3) is 0.273. The molecule has 0 heterocycles. The summed E-state index contributed by atoms with van der Waals surface area (Å²) in [5, 5.41) is 11.1. The summed E-state index contributed by atoms with van der Waals surface area (Å²) in [7, 11) is 0. The van der Waals surface area contributed by atoms with Gasteiger partial charge in [-0.2, -0.15) is 5.26 Å². The van der Waals surface area contributed by atoms with Crippen LogP contribution in [0.3, 0.4) is 0 Å². The van der Waals surface area contributed by atoms with E-state index >= 15 is 0 Å². The Balaban J connectivity index is 2.55. The van der Waals surface area contributed by atoms with Gasteiger partial charge in [0.25, 0.3) is 0 Å². The molecule has 0 bridgehead atoms. The summed E-state index contributed by atoms with van der Waals surface area (Å²) in [4.78, 5) is 11.2. The predicted octanol–water partition coefficient (Wildman–Crippen LogP) is 2.40. The van der Waals surface area contributed by atoms with Gasteiger partial charge in [0.05, 0.1) is 6.07 Å². The number of carbonyl (C=O) groups is 1. The third-order valence-electron chi connectivity index (χ3n) is 1.99. The normalized spacial score (nSPS) is 9.56. The van der Waals surface area contributed by atoms with Crippen LogP contribution in [0, 0.1) is 17.1 Å². The first-order valence-electron chi connectivity index (χ1n) is 4.71. The number of benzene rings is 1. The fourth-order valence-corrected chi connectivity index (χ4v) is 1.38. The maximum absolute atomic E-state index is 13.3. The van der Waals surface area contributed by atoms with Crippen LogP contribution in [0.15, 0.2) is 18.2 Å². The predicted molar refractivity (Wildman–Crippen MR) is 58.1 cm³/mol. The van der Waals surface area contributed by atoms with E-state index < -0.39 is 5.82 Å². The highest BCUT2D eigenvalue weighted by Crippen LogP contribution is 2.18. The van der Waals surface area contributed by atoms with Gasteiger partial charge in [-0.3, -0.25) is 4.79 Å². The minimum absolute atomic E-state index is 0.0375. The van der Waals surface area contributed by atoms with Gasteiger partial charge in [-0.25, -0.2) is 4.39 Å². The molecule has 0 saturated heterocycles. The molecule has 1 aromatic rings. The highest BCUT2D eigenvalue weighted by Gasteiger charge is 2.08. The quantitative estimate of drug-likeness (QED) is 0.879. The highest BCUT2D eigenvalue weighted by molar-refractivity contribution is 6.31. The number of hydrogen-bond donors (Lipinski definition) is 1. The molecule has 0 radical (unpaired) electrons. The molecule has 1 N–H and O–H groups in total. The lowest BCUT2D eigenvalue weighted by molar-refractivity contribution is -0.121. The molecule has 1 rings (SSSR count). The van der Waals surface area contributed by atoms with Gasteiger partial charge in [-0.05, 0) is 12.1 Å². The second-order valence-corrected chi connectivity index (χ2v) is 3.54. The van der Waals surface area contributed by atoms with Gasteiger partial charge in [0.2, 0.25) is 5.91 Å². The van der Waals surface area contributed by atoms with E-state index in [-0.39, 0.29) is 35.9 Å². The Hall–Kier alpha value is -1.60. The van der Waals surface area contributed by atoms with Crippen LogP contribution in [-0.2, 0) is 11.3 Å². The molecular formula is C11H10ClFN2O. The topological polar surface area (TPSA) is 52.9 Å². The first-order chi connectivity index (χ1) is 7.65. The van der Waals surface area contributed by atoms with Crippen molar-refractivity contribution in [2.75, 3.05) is 0 Å². The number of nitrogens with one attached hydrogen (secondary N) is 1. The van der Waals surface area contributed by atoms with Crippen molar-refractivity contribution in [3.8, 4) is 6.07 Å². The third-order valence-corrected chi connectivity index (χ3v) is 2.34. The maximum Gasteiger partial charge on any atom is 0.221 e. The van der Waals surface area contributed by atoms with Crippen molar-refractivity contribution in [2.24, 2.45) is 0 Å². The monoisotopic (exact) mass is 240 g/mol. The molecule has 3 nitrogen and oxygen atoms in total. The SMILES string of the molecule is N#CCCC(=O)NCc1c(F)cccc1Cl. The van der Waals surface area contributed by atoms with Crippen molar-refractivity contribution in [1.29, 1.82) is 5.26 Å². The zero-order valence-corrected chi connectivity index (χ0v) is 9.22. The minimum atomic E-state index is -0.451. The zero-order valence-electron chi connectivity index (χ0n) is 8.46. The lowest BCUT2D eigenvalue weighted by Crippen LogP contribution is -2.22. The van der Waals surface area contributed by atoms with Crippen LogP contribution in [0.5, 0.6) is 0 Å². The molecular weight excluding hydrogens is 231 g/mol. The Labute approximate surface area is 97.8 Å². The molecule has 1 amide bonds. The molecule has 0 aliphatic carbocycles. The molecule has 0 aliphatic heterocycles. The van der Waals surface area contributed by atoms with E-state index in [1.165, 1.54) is 12.1 Å². The van der Waals surface area contributed by atoms with E-state index in [1.54, 1.807) is 6.07 Å². The van der Waals surface area contributed by atoms with Crippen LogP contribution in [0.25, 0.3) is 0 Å². The Bertz CT molecular complexity index is 408. The summed E-state index contributed by atoms with van der Waals surface area (Å²) < 4.78 is 13.3. The lowest BCUT2D eigenvalue weighted by atomic mass is 10.2. The summed E-state index contributed by atoms with van der Waals surface area (Å²) in [6, 6.07) is 6.19. The van der Waals surface area contributed by atoms with Gasteiger partial charge in [0, 0.05) is 30.0 Å². The number of carbonyl (C=O) groups excluding carboxylic acids is 1. The molecule has 0 fully saturated rings. The Morgan fingerprint density at radius 1 is 1.56 bits per heavy atom. The van der Waals surface area contributed by atoms with Crippen molar-refractivity contribution in [1.82, 2.24) is 5.32 Å². The van der Waals surface area contributed by atoms with Gasteiger partial charge in [0.15, 0.2) is 0 Å². The minimum Gasteiger partial charge on any atom is -0.352 e. The van der Waals surface area contributed by atoms with Crippen LogP contribution < -0.4 is 5.32 Å². The van der Waals surface area contributed by atoms with Crippen LogP contribution >= 0.6 is 11.6 Å². The molecule has 1 aromatic carbocycles. The summed E-state index contributed by atoms with van der Waals surface area (Å²) >= 11 is 5.77. The first-order valence-corrected chi connectivity index (χ1v) is 5.09. The second kappa shape index (κ2) is 6.09. The molecule has 0 spiro atoms. The van der Waals surface area contributed by atoms with Gasteiger partial charge >= 0.3 is 0 Å². The van der Waals surface area contributed by atoms with Crippen molar-refractivity contribution >= 4 is 17.5 Å². The number of halogens is 2. The zero-order chi connectivity index (χ0) is 12.0. The van der Waals surface area contributed by atoms with Gasteiger partial charge in [0.1, 0.15) is 5.82 Å². The molecule has 0 aliphatic rings. The standard InChI is InChI=1S/C11H10ClFN2O/c12-9-3-1-4-10(13)8(9)7-15-11(16)5-2-6-14/h1,3-4H,2,5,7H2,(H,15,16). The second-order valence-electron chi connectivity index (χ2n) is 3.14. The largest absolute Gasteiger partial charge is 0.352 e. The van der Waals surface area contributed by atoms with E-state index in [9.17, 15) is 9.18 Å². The molecule has 84 valence electrons. The number of rotatable bonds is 4. The van der Waals surface area contributed by atoms with Crippen molar-refractivity contribution in [2.45, 2.75) is 19.4 Å². The van der Waals surface area contributed by atoms with Crippen LogP contribution in [0.4, 0.5) is 4.39 Å². The molecule has 0 unspecified atom stereocenters. The van der Waals surface area contributed by atoms with Crippen molar-refractivity contribution < 1.29 is 9.18 Å². The highest BCUT2D eigenvalue weighted by atomic mass is 35.5. The number of nitriles is 1. The van der Waals surface area contributed by atoms with Gasteiger partial charge in [-0.15, -0.1) is 0 Å². The van der Waals surface area contributed by atoms with E-state index in [0.29, 0.717) is 0 Å². The smallest absolute Gasteiger partial charge is 0.221 e. The van der Waals surface area contributed by atoms with Crippen molar-refractivity contribution in [3.05, 3.63) is 34.6 Å². The van der Waals surface area contributed by atoms with Gasteiger partial charge < -0.3 is 5.32 Å². The third kappa shape index (κ3) is 3.52. The van der Waals surface area contributed by atoms with Crippen LogP contribution in [0.2, 0.25) is 5.02 Å². The average Bonchev–Trinajstić information content (AvgIpc) is 2.25. The Morgan fingerprint density at radius 3 is 2.94 bits per heavy atom. The maximum atomic E-state index is 13.3. The van der Waals surface area contributed by atoms with Crippen molar-refractivity contribution in [3.63, 3.8) is 0 Å². The summed E-state index contributed by atoms with van der Waals surface area (Å²) in [5.74, 6) is -0.742. The fourth-order valence-electron chi connectivity index (χ4n) is 1.15. The summed E-state index contributed by atoms with van der Waals surface area (Å²) in [5.41, 5.74) is 0.259. The van der Waals surface area contributed by atoms with Gasteiger partial charge in [-0.1, -0.05) is 17.7 Å². The molecule has 0 saturated carbocycles. The Kier molecular flexibility index (Phi) is 4.74. The summed E-state index contributed by atoms with van der Waals surface area (Å²) in [6.45, 7) is 0.0375. The van der Waals surface area contributed by atoms with Crippen LogP contribution in [0.1, 0.15) is 18.4 Å². The average molecular weight is 241 g/mol. The van der Waals surface area contributed by atoms with E-state index in [2.05, 4.69) is 5.32 Å². The van der Waals surface area contributed by atoms with E-state index in [1.807, 2.05) is 6.07 Å². The molecule has 16 heavy (non-hydrogen) atoms. The van der Waals surface area contributed by atoms with Crippen LogP contribution in [-0.4, -0.2) is 5.91 Å². The number of nitrogens with zero attached hydrogens (tertiary/aromatic N) is 1. The molecule has 0 aromatic heterocycles. The number of amides is 1. The Morgan fingerprint density at radius 2 is 2.31 bits per heavy atom. The molecule has 5 heteroatoms. The van der Waals surface area contributed by atoms with E-state index in [0.717, 1.165) is 0 Å². The summed E-state index contributed by atoms with van der Waals surface area (Å²) in [6.07, 6.45) is 0.263.